The lowest BCUT2D eigenvalue weighted by Gasteiger charge is -2.18. The van der Waals surface area contributed by atoms with Crippen LogP contribution in [0.2, 0.25) is 0 Å². The van der Waals surface area contributed by atoms with Crippen LogP contribution in [-0.2, 0) is 22.4 Å². The average Bonchev–Trinajstić information content (AvgIpc) is 2.61. The normalized spacial score (nSPS) is 11.4. The lowest BCUT2D eigenvalue weighted by molar-refractivity contribution is -0.142. The van der Waals surface area contributed by atoms with E-state index in [-0.39, 0.29) is 0 Å². The zero-order valence-electron chi connectivity index (χ0n) is 13.9. The Bertz CT molecular complexity index is 686. The molecule has 0 aliphatic rings. The Labute approximate surface area is 142 Å². The number of amides is 2. The molecule has 0 radical (unpaired) electrons. The Hall–Kier alpha value is -2.82. The van der Waals surface area contributed by atoms with Gasteiger partial charge in [-0.15, -0.1) is 0 Å². The first-order valence-corrected chi connectivity index (χ1v) is 7.91. The van der Waals surface area contributed by atoms with Crippen LogP contribution in [0.5, 0.6) is 0 Å². The van der Waals surface area contributed by atoms with Gasteiger partial charge >= 0.3 is 12.0 Å². The van der Waals surface area contributed by atoms with E-state index in [4.69, 9.17) is 4.74 Å². The van der Waals surface area contributed by atoms with Crippen molar-refractivity contribution in [3.63, 3.8) is 0 Å². The second-order valence-electron chi connectivity index (χ2n) is 5.37. The largest absolute Gasteiger partial charge is 0.467 e. The number of aryl methyl sites for hydroxylation is 1. The highest BCUT2D eigenvalue weighted by atomic mass is 16.5. The van der Waals surface area contributed by atoms with Crippen molar-refractivity contribution in [1.82, 2.24) is 5.32 Å². The number of esters is 1. The third kappa shape index (κ3) is 4.84. The van der Waals surface area contributed by atoms with Crippen LogP contribution < -0.4 is 10.6 Å². The van der Waals surface area contributed by atoms with Crippen LogP contribution in [-0.4, -0.2) is 25.2 Å². The Morgan fingerprint density at radius 3 is 2.38 bits per heavy atom. The summed E-state index contributed by atoms with van der Waals surface area (Å²) in [5, 5.41) is 5.49. The summed E-state index contributed by atoms with van der Waals surface area (Å²) in [6, 6.07) is 15.9. The van der Waals surface area contributed by atoms with Crippen LogP contribution in [0.25, 0.3) is 0 Å². The quantitative estimate of drug-likeness (QED) is 0.801. The first kappa shape index (κ1) is 17.5. The van der Waals surface area contributed by atoms with Gasteiger partial charge in [0.15, 0.2) is 0 Å². The van der Waals surface area contributed by atoms with Gasteiger partial charge in [0.1, 0.15) is 6.04 Å². The third-order valence-corrected chi connectivity index (χ3v) is 3.72. The molecule has 24 heavy (non-hydrogen) atoms. The lowest BCUT2D eigenvalue weighted by atomic mass is 10.1. The van der Waals surface area contributed by atoms with Crippen molar-refractivity contribution in [1.29, 1.82) is 0 Å². The summed E-state index contributed by atoms with van der Waals surface area (Å²) >= 11 is 0. The van der Waals surface area contributed by atoms with Gasteiger partial charge in [0.2, 0.25) is 0 Å². The first-order chi connectivity index (χ1) is 11.6. The molecule has 2 aromatic carbocycles. The smallest absolute Gasteiger partial charge is 0.328 e. The summed E-state index contributed by atoms with van der Waals surface area (Å²) in [6.45, 7) is 2.02. The van der Waals surface area contributed by atoms with E-state index in [0.29, 0.717) is 6.42 Å². The van der Waals surface area contributed by atoms with E-state index in [1.165, 1.54) is 7.11 Å². The highest BCUT2D eigenvalue weighted by Crippen LogP contribution is 2.15. The maximum atomic E-state index is 12.3. The molecule has 5 nitrogen and oxygen atoms in total. The van der Waals surface area contributed by atoms with E-state index in [1.54, 1.807) is 0 Å². The Morgan fingerprint density at radius 2 is 1.71 bits per heavy atom. The van der Waals surface area contributed by atoms with Crippen molar-refractivity contribution < 1.29 is 14.3 Å². The number of urea groups is 1. The number of hydrogen-bond donors (Lipinski definition) is 2. The van der Waals surface area contributed by atoms with Gasteiger partial charge in [-0.3, -0.25) is 0 Å². The van der Waals surface area contributed by atoms with Crippen molar-refractivity contribution in [3.8, 4) is 0 Å². The van der Waals surface area contributed by atoms with Crippen molar-refractivity contribution in [2.75, 3.05) is 12.4 Å². The predicted octanol–water partition coefficient (Wildman–Crippen LogP) is 3.15. The summed E-state index contributed by atoms with van der Waals surface area (Å²) in [6.07, 6.45) is 1.18. The molecule has 0 spiro atoms. The molecule has 0 heterocycles. The zero-order valence-corrected chi connectivity index (χ0v) is 13.9. The molecule has 2 aromatic rings. The molecule has 0 aromatic heterocycles. The lowest BCUT2D eigenvalue weighted by Crippen LogP contribution is -2.45. The van der Waals surface area contributed by atoms with Crippen molar-refractivity contribution in [2.24, 2.45) is 0 Å². The summed E-state index contributed by atoms with van der Waals surface area (Å²) in [5.41, 5.74) is 2.72. The highest BCUT2D eigenvalue weighted by molar-refractivity contribution is 5.93. The summed E-state index contributed by atoms with van der Waals surface area (Å²) in [5.74, 6) is -0.474. The molecule has 0 aliphatic carbocycles. The third-order valence-electron chi connectivity index (χ3n) is 3.72. The van der Waals surface area contributed by atoms with Crippen LogP contribution in [0.3, 0.4) is 0 Å². The minimum Gasteiger partial charge on any atom is -0.467 e. The summed E-state index contributed by atoms with van der Waals surface area (Å²) < 4.78 is 4.80. The van der Waals surface area contributed by atoms with Gasteiger partial charge in [0.05, 0.1) is 7.11 Å². The van der Waals surface area contributed by atoms with Crippen LogP contribution in [0.1, 0.15) is 18.1 Å². The van der Waals surface area contributed by atoms with E-state index in [9.17, 15) is 9.59 Å². The molecule has 1 atom stereocenters. The molecule has 0 bridgehead atoms. The average molecular weight is 326 g/mol. The molecule has 2 rings (SSSR count). The zero-order chi connectivity index (χ0) is 17.4. The van der Waals surface area contributed by atoms with Crippen molar-refractivity contribution in [2.45, 2.75) is 25.8 Å². The van der Waals surface area contributed by atoms with Gasteiger partial charge in [0, 0.05) is 12.1 Å². The molecule has 0 saturated heterocycles. The van der Waals surface area contributed by atoms with Gasteiger partial charge < -0.3 is 15.4 Å². The van der Waals surface area contributed by atoms with Crippen LogP contribution in [0.4, 0.5) is 10.5 Å². The fourth-order valence-electron chi connectivity index (χ4n) is 2.45. The second-order valence-corrected chi connectivity index (χ2v) is 5.37. The molecule has 2 amide bonds. The monoisotopic (exact) mass is 326 g/mol. The van der Waals surface area contributed by atoms with Crippen LogP contribution in [0, 0.1) is 0 Å². The molecule has 0 fully saturated rings. The van der Waals surface area contributed by atoms with E-state index in [2.05, 4.69) is 10.6 Å². The topological polar surface area (TPSA) is 67.4 Å². The highest BCUT2D eigenvalue weighted by Gasteiger charge is 2.22. The molecular weight excluding hydrogens is 304 g/mol. The SMILES string of the molecule is CCc1ccccc1NC(=O)N[C@@H](Cc1ccccc1)C(=O)OC. The standard InChI is InChI=1S/C19H22N2O3/c1-3-15-11-7-8-12-16(15)20-19(23)21-17(18(22)24-2)13-14-9-5-4-6-10-14/h4-12,17H,3,13H2,1-2H3,(H2,20,21,23)/t17-/m0/s1. The van der Waals surface area contributed by atoms with E-state index < -0.39 is 18.0 Å². The second kappa shape index (κ2) is 8.72. The van der Waals surface area contributed by atoms with Crippen LogP contribution in [0.15, 0.2) is 54.6 Å². The van der Waals surface area contributed by atoms with E-state index >= 15 is 0 Å². The number of para-hydroxylation sites is 1. The first-order valence-electron chi connectivity index (χ1n) is 7.91. The van der Waals surface area contributed by atoms with Gasteiger partial charge in [-0.05, 0) is 23.6 Å². The van der Waals surface area contributed by atoms with E-state index in [0.717, 1.165) is 23.2 Å². The predicted molar refractivity (Wildman–Crippen MR) is 93.9 cm³/mol. The number of hydrogen-bond acceptors (Lipinski definition) is 3. The number of ether oxygens (including phenoxy) is 1. The van der Waals surface area contributed by atoms with Gasteiger partial charge in [0.25, 0.3) is 0 Å². The molecule has 126 valence electrons. The number of carbonyl (C=O) groups excluding carboxylic acids is 2. The minimum absolute atomic E-state index is 0.371. The molecule has 2 N–H and O–H groups in total. The maximum Gasteiger partial charge on any atom is 0.328 e. The number of benzene rings is 2. The summed E-state index contributed by atoms with van der Waals surface area (Å²) in [7, 11) is 1.31. The Kier molecular flexibility index (Phi) is 6.37. The van der Waals surface area contributed by atoms with E-state index in [1.807, 2.05) is 61.5 Å². The van der Waals surface area contributed by atoms with Gasteiger partial charge in [-0.1, -0.05) is 55.5 Å². The fourth-order valence-corrected chi connectivity index (χ4v) is 2.45. The summed E-state index contributed by atoms with van der Waals surface area (Å²) in [4.78, 5) is 24.2. The van der Waals surface area contributed by atoms with Crippen molar-refractivity contribution in [3.05, 3.63) is 65.7 Å². The number of carbonyl (C=O) groups is 2. The Balaban J connectivity index is 2.05. The van der Waals surface area contributed by atoms with Gasteiger partial charge in [-0.2, -0.15) is 0 Å². The minimum atomic E-state index is -0.744. The fraction of sp³-hybridized carbons (Fsp3) is 0.263. The molecular formula is C19H22N2O3. The number of rotatable bonds is 6. The number of methoxy groups -OCH3 is 1. The molecule has 5 heteroatoms. The maximum absolute atomic E-state index is 12.3. The van der Waals surface area contributed by atoms with Crippen LogP contribution >= 0.6 is 0 Å². The number of anilines is 1. The van der Waals surface area contributed by atoms with Gasteiger partial charge in [-0.25, -0.2) is 9.59 Å². The molecule has 0 aliphatic heterocycles. The molecule has 0 unspecified atom stereocenters. The number of nitrogens with one attached hydrogen (secondary N) is 2. The Morgan fingerprint density at radius 1 is 1.04 bits per heavy atom. The van der Waals surface area contributed by atoms with Crippen molar-refractivity contribution >= 4 is 17.7 Å². The molecule has 0 saturated carbocycles.